The van der Waals surface area contributed by atoms with Gasteiger partial charge >= 0.3 is 5.97 Å². The fourth-order valence-corrected chi connectivity index (χ4v) is 2.06. The van der Waals surface area contributed by atoms with Crippen LogP contribution in [0, 0.1) is 13.8 Å². The number of aromatic carboxylic acids is 1. The average molecular weight is 234 g/mol. The maximum atomic E-state index is 11.4. The van der Waals surface area contributed by atoms with Gasteiger partial charge in [-0.15, -0.1) is 0 Å². The van der Waals surface area contributed by atoms with E-state index in [0.717, 1.165) is 5.69 Å². The smallest absolute Gasteiger partial charge is 0.336 e. The SMILES string of the molecule is Cc1c(C(C)C)nc2onc(C)c2c1C(=O)O. The molecule has 0 atom stereocenters. The zero-order chi connectivity index (χ0) is 12.7. The molecule has 0 aliphatic carbocycles. The summed E-state index contributed by atoms with van der Waals surface area (Å²) in [7, 11) is 0. The zero-order valence-corrected chi connectivity index (χ0v) is 10.2. The molecule has 5 heteroatoms. The second-order valence-corrected chi connectivity index (χ2v) is 4.41. The molecule has 17 heavy (non-hydrogen) atoms. The molecule has 2 heterocycles. The van der Waals surface area contributed by atoms with Gasteiger partial charge in [-0.3, -0.25) is 0 Å². The number of carboxylic acid groups (broad SMARTS) is 1. The van der Waals surface area contributed by atoms with Crippen molar-refractivity contribution in [2.75, 3.05) is 0 Å². The van der Waals surface area contributed by atoms with E-state index in [1.807, 2.05) is 13.8 Å². The Hall–Kier alpha value is -1.91. The van der Waals surface area contributed by atoms with Gasteiger partial charge in [0.15, 0.2) is 0 Å². The number of aromatic nitrogens is 2. The third-order valence-corrected chi connectivity index (χ3v) is 2.84. The Morgan fingerprint density at radius 3 is 2.53 bits per heavy atom. The van der Waals surface area contributed by atoms with Crippen LogP contribution in [0.25, 0.3) is 11.1 Å². The molecule has 0 saturated heterocycles. The lowest BCUT2D eigenvalue weighted by atomic mass is 9.97. The van der Waals surface area contributed by atoms with Crippen molar-refractivity contribution in [1.82, 2.24) is 10.1 Å². The minimum atomic E-state index is -0.969. The van der Waals surface area contributed by atoms with Gasteiger partial charge in [0.25, 0.3) is 5.71 Å². The van der Waals surface area contributed by atoms with Crippen LogP contribution in [0.5, 0.6) is 0 Å². The molecule has 1 N–H and O–H groups in total. The number of aryl methyl sites for hydroxylation is 1. The van der Waals surface area contributed by atoms with Crippen molar-refractivity contribution in [3.05, 3.63) is 22.5 Å². The third kappa shape index (κ3) is 1.67. The quantitative estimate of drug-likeness (QED) is 0.864. The van der Waals surface area contributed by atoms with Crippen LogP contribution in [0.4, 0.5) is 0 Å². The maximum Gasteiger partial charge on any atom is 0.336 e. The molecule has 2 aromatic rings. The van der Waals surface area contributed by atoms with Gasteiger partial charge in [-0.25, -0.2) is 9.78 Å². The van der Waals surface area contributed by atoms with Gasteiger partial charge in [0.2, 0.25) is 0 Å². The van der Waals surface area contributed by atoms with Crippen LogP contribution in [0.2, 0.25) is 0 Å². The predicted octanol–water partition coefficient (Wildman–Crippen LogP) is 2.66. The van der Waals surface area contributed by atoms with Gasteiger partial charge in [-0.1, -0.05) is 19.0 Å². The summed E-state index contributed by atoms with van der Waals surface area (Å²) >= 11 is 0. The van der Waals surface area contributed by atoms with E-state index in [1.165, 1.54) is 0 Å². The first-order valence-electron chi connectivity index (χ1n) is 5.43. The topological polar surface area (TPSA) is 76.2 Å². The van der Waals surface area contributed by atoms with E-state index in [4.69, 9.17) is 4.52 Å². The standard InChI is InChI=1S/C12H14N2O3/c1-5(2)10-6(3)8(12(15)16)9-7(4)14-17-11(9)13-10/h5H,1-4H3,(H,15,16). The molecule has 0 saturated carbocycles. The minimum Gasteiger partial charge on any atom is -0.478 e. The number of pyridine rings is 1. The van der Waals surface area contributed by atoms with E-state index in [0.29, 0.717) is 22.4 Å². The van der Waals surface area contributed by atoms with Gasteiger partial charge in [0.05, 0.1) is 22.3 Å². The van der Waals surface area contributed by atoms with Crippen molar-refractivity contribution in [3.63, 3.8) is 0 Å². The highest BCUT2D eigenvalue weighted by molar-refractivity contribution is 6.03. The monoisotopic (exact) mass is 234 g/mol. The molecule has 0 amide bonds. The number of rotatable bonds is 2. The summed E-state index contributed by atoms with van der Waals surface area (Å²) in [5.41, 5.74) is 2.53. The molecule has 0 radical (unpaired) electrons. The highest BCUT2D eigenvalue weighted by Gasteiger charge is 2.22. The first-order valence-corrected chi connectivity index (χ1v) is 5.43. The predicted molar refractivity (Wildman–Crippen MR) is 62.3 cm³/mol. The van der Waals surface area contributed by atoms with Crippen LogP contribution >= 0.6 is 0 Å². The van der Waals surface area contributed by atoms with Crippen LogP contribution in [0.15, 0.2) is 4.52 Å². The molecule has 90 valence electrons. The Morgan fingerprint density at radius 1 is 1.35 bits per heavy atom. The fourth-order valence-electron chi connectivity index (χ4n) is 2.06. The number of carbonyl (C=O) groups is 1. The number of fused-ring (bicyclic) bond motifs is 1. The molecule has 0 aromatic carbocycles. The summed E-state index contributed by atoms with van der Waals surface area (Å²) in [5.74, 6) is -0.828. The van der Waals surface area contributed by atoms with Crippen molar-refractivity contribution >= 4 is 17.1 Å². The Bertz CT molecular complexity index is 599. The third-order valence-electron chi connectivity index (χ3n) is 2.84. The molecule has 5 nitrogen and oxygen atoms in total. The minimum absolute atomic E-state index is 0.142. The molecule has 0 aliphatic heterocycles. The Morgan fingerprint density at radius 2 is 2.00 bits per heavy atom. The Balaban J connectivity index is 2.93. The van der Waals surface area contributed by atoms with E-state index in [1.54, 1.807) is 13.8 Å². The summed E-state index contributed by atoms with van der Waals surface area (Å²) in [5, 5.41) is 13.6. The molecule has 0 bridgehead atoms. The molecule has 0 spiro atoms. The molecule has 0 aliphatic rings. The molecule has 2 aromatic heterocycles. The van der Waals surface area contributed by atoms with Gasteiger partial charge in [0, 0.05) is 0 Å². The van der Waals surface area contributed by atoms with Crippen LogP contribution in [-0.4, -0.2) is 21.2 Å². The number of hydrogen-bond donors (Lipinski definition) is 1. The van der Waals surface area contributed by atoms with E-state index >= 15 is 0 Å². The second kappa shape index (κ2) is 3.84. The number of carboxylic acids is 1. The molecular formula is C12H14N2O3. The zero-order valence-electron chi connectivity index (χ0n) is 10.2. The maximum absolute atomic E-state index is 11.4. The van der Waals surface area contributed by atoms with Crippen LogP contribution in [0.3, 0.4) is 0 Å². The highest BCUT2D eigenvalue weighted by Crippen LogP contribution is 2.29. The molecule has 2 rings (SSSR count). The first kappa shape index (κ1) is 11.6. The van der Waals surface area contributed by atoms with Crippen molar-refractivity contribution in [3.8, 4) is 0 Å². The van der Waals surface area contributed by atoms with Crippen molar-refractivity contribution in [2.45, 2.75) is 33.6 Å². The normalized spacial score (nSPS) is 11.4. The summed E-state index contributed by atoms with van der Waals surface area (Å²) in [4.78, 5) is 15.7. The Labute approximate surface area is 98.4 Å². The second-order valence-electron chi connectivity index (χ2n) is 4.41. The largest absolute Gasteiger partial charge is 0.478 e. The van der Waals surface area contributed by atoms with Gasteiger partial charge in [-0.2, -0.15) is 0 Å². The number of hydrogen-bond acceptors (Lipinski definition) is 4. The van der Waals surface area contributed by atoms with E-state index in [2.05, 4.69) is 10.1 Å². The lowest BCUT2D eigenvalue weighted by molar-refractivity contribution is 0.0698. The van der Waals surface area contributed by atoms with Gasteiger partial charge in [-0.05, 0) is 25.3 Å². The number of nitrogens with zero attached hydrogens (tertiary/aromatic N) is 2. The molecule has 0 unspecified atom stereocenters. The van der Waals surface area contributed by atoms with Crippen molar-refractivity contribution in [2.24, 2.45) is 0 Å². The lowest BCUT2D eigenvalue weighted by Gasteiger charge is -2.11. The average Bonchev–Trinajstić information content (AvgIpc) is 2.58. The van der Waals surface area contributed by atoms with Crippen molar-refractivity contribution < 1.29 is 14.4 Å². The summed E-state index contributed by atoms with van der Waals surface area (Å²) in [6, 6.07) is 0. The van der Waals surface area contributed by atoms with Crippen molar-refractivity contribution in [1.29, 1.82) is 0 Å². The summed E-state index contributed by atoms with van der Waals surface area (Å²) in [6.07, 6.45) is 0. The van der Waals surface area contributed by atoms with Crippen LogP contribution < -0.4 is 0 Å². The summed E-state index contributed by atoms with van der Waals surface area (Å²) < 4.78 is 5.06. The molecule has 0 fully saturated rings. The van der Waals surface area contributed by atoms with Gasteiger partial charge in [0.1, 0.15) is 0 Å². The summed E-state index contributed by atoms with van der Waals surface area (Å²) in [6.45, 7) is 7.43. The lowest BCUT2D eigenvalue weighted by Crippen LogP contribution is -2.07. The van der Waals surface area contributed by atoms with Crippen LogP contribution in [0.1, 0.15) is 47.1 Å². The Kier molecular flexibility index (Phi) is 2.61. The highest BCUT2D eigenvalue weighted by atomic mass is 16.5. The van der Waals surface area contributed by atoms with Gasteiger partial charge < -0.3 is 9.63 Å². The van der Waals surface area contributed by atoms with E-state index in [-0.39, 0.29) is 11.5 Å². The fraction of sp³-hybridized carbons (Fsp3) is 0.417. The first-order chi connectivity index (χ1) is 7.93. The van der Waals surface area contributed by atoms with Crippen LogP contribution in [-0.2, 0) is 0 Å². The van der Waals surface area contributed by atoms with E-state index < -0.39 is 5.97 Å². The van der Waals surface area contributed by atoms with E-state index in [9.17, 15) is 9.90 Å². The molecular weight excluding hydrogens is 220 g/mol.